The third-order valence-electron chi connectivity index (χ3n) is 4.18. The maximum Gasteiger partial charge on any atom is 0.496 e. The molecule has 1 aromatic rings. The van der Waals surface area contributed by atoms with Crippen molar-refractivity contribution < 1.29 is 18.8 Å². The molecule has 2 rings (SSSR count). The molecule has 1 saturated heterocycles. The van der Waals surface area contributed by atoms with E-state index in [-0.39, 0.29) is 0 Å². The number of aromatic nitrogens is 1. The van der Waals surface area contributed by atoms with Gasteiger partial charge in [-0.2, -0.15) is 0 Å². The van der Waals surface area contributed by atoms with E-state index in [4.69, 9.17) is 14.0 Å². The van der Waals surface area contributed by atoms with Crippen LogP contribution in [-0.2, 0) is 14.0 Å². The average molecular weight is 307 g/mol. The van der Waals surface area contributed by atoms with E-state index >= 15 is 0 Å². The third-order valence-corrected chi connectivity index (χ3v) is 4.18. The number of carbonyl (C=O) groups excluding carboxylic acids is 1. The highest BCUT2D eigenvalue weighted by atomic mass is 16.7. The van der Waals surface area contributed by atoms with E-state index in [1.807, 2.05) is 55.4 Å². The molecule has 0 unspecified atom stereocenters. The summed E-state index contributed by atoms with van der Waals surface area (Å²) in [5.74, 6) is 0. The molecule has 0 aliphatic carbocycles. The SMILES string of the molecule is Cc1cn(C(=O)OC(C)(C)C)cc1B1OC(C)(C)C(C)(C)O1. The number of hydrogen-bond donors (Lipinski definition) is 0. The molecular weight excluding hydrogens is 281 g/mol. The number of ether oxygens (including phenoxy) is 1. The van der Waals surface area contributed by atoms with Crippen molar-refractivity contribution in [2.45, 2.75) is 72.2 Å². The van der Waals surface area contributed by atoms with Gasteiger partial charge < -0.3 is 14.0 Å². The van der Waals surface area contributed by atoms with Crippen LogP contribution in [0.25, 0.3) is 0 Å². The maximum absolute atomic E-state index is 12.2. The van der Waals surface area contributed by atoms with E-state index in [0.717, 1.165) is 11.0 Å². The monoisotopic (exact) mass is 307 g/mol. The van der Waals surface area contributed by atoms with Gasteiger partial charge in [0.15, 0.2) is 0 Å². The van der Waals surface area contributed by atoms with Crippen LogP contribution in [0.3, 0.4) is 0 Å². The highest BCUT2D eigenvalue weighted by Gasteiger charge is 2.52. The fourth-order valence-corrected chi connectivity index (χ4v) is 2.21. The quantitative estimate of drug-likeness (QED) is 0.749. The van der Waals surface area contributed by atoms with Crippen LogP contribution in [0.1, 0.15) is 54.0 Å². The fraction of sp³-hybridized carbons (Fsp3) is 0.688. The summed E-state index contributed by atoms with van der Waals surface area (Å²) in [4.78, 5) is 12.2. The zero-order valence-electron chi connectivity index (χ0n) is 14.8. The van der Waals surface area contributed by atoms with Crippen molar-refractivity contribution in [1.29, 1.82) is 0 Å². The molecule has 0 saturated carbocycles. The summed E-state index contributed by atoms with van der Waals surface area (Å²) in [6.45, 7) is 15.5. The smallest absolute Gasteiger partial charge is 0.443 e. The van der Waals surface area contributed by atoms with Crippen molar-refractivity contribution in [3.05, 3.63) is 18.0 Å². The lowest BCUT2D eigenvalue weighted by atomic mass is 9.79. The van der Waals surface area contributed by atoms with Crippen molar-refractivity contribution in [2.75, 3.05) is 0 Å². The van der Waals surface area contributed by atoms with Crippen LogP contribution in [0.15, 0.2) is 12.4 Å². The van der Waals surface area contributed by atoms with Crippen molar-refractivity contribution >= 4 is 18.7 Å². The normalized spacial score (nSPS) is 20.3. The minimum Gasteiger partial charge on any atom is -0.443 e. The lowest BCUT2D eigenvalue weighted by Crippen LogP contribution is -2.41. The molecule has 1 aliphatic heterocycles. The fourth-order valence-electron chi connectivity index (χ4n) is 2.21. The summed E-state index contributed by atoms with van der Waals surface area (Å²) in [6, 6.07) is 0. The van der Waals surface area contributed by atoms with E-state index in [1.165, 1.54) is 4.57 Å². The highest BCUT2D eigenvalue weighted by Crippen LogP contribution is 2.36. The molecule has 22 heavy (non-hydrogen) atoms. The van der Waals surface area contributed by atoms with Crippen molar-refractivity contribution in [3.8, 4) is 0 Å². The van der Waals surface area contributed by atoms with Crippen LogP contribution in [0.5, 0.6) is 0 Å². The molecule has 0 aromatic carbocycles. The Kier molecular flexibility index (Phi) is 3.99. The van der Waals surface area contributed by atoms with Gasteiger partial charge in [0.05, 0.1) is 11.2 Å². The Hall–Kier alpha value is -1.27. The minimum absolute atomic E-state index is 0.404. The predicted molar refractivity (Wildman–Crippen MR) is 86.5 cm³/mol. The summed E-state index contributed by atoms with van der Waals surface area (Å²) in [5.41, 5.74) is 0.449. The molecule has 1 aromatic heterocycles. The van der Waals surface area contributed by atoms with Gasteiger partial charge in [-0.15, -0.1) is 0 Å². The topological polar surface area (TPSA) is 49.7 Å². The van der Waals surface area contributed by atoms with Gasteiger partial charge >= 0.3 is 13.2 Å². The molecule has 122 valence electrons. The number of hydrogen-bond acceptors (Lipinski definition) is 4. The van der Waals surface area contributed by atoms with Crippen LogP contribution >= 0.6 is 0 Å². The van der Waals surface area contributed by atoms with Gasteiger partial charge in [0, 0.05) is 17.9 Å². The van der Waals surface area contributed by atoms with Gasteiger partial charge in [0.25, 0.3) is 0 Å². The van der Waals surface area contributed by atoms with Crippen molar-refractivity contribution in [3.63, 3.8) is 0 Å². The molecule has 0 bridgehead atoms. The first-order chi connectivity index (χ1) is 9.82. The molecule has 0 radical (unpaired) electrons. The standard InChI is InChI=1S/C16H26BNO4/c1-11-9-18(13(19)20-14(2,3)4)10-12(11)17-21-15(5,6)16(7,8)22-17/h9-10H,1-8H3. The van der Waals surface area contributed by atoms with Gasteiger partial charge in [-0.05, 0) is 61.0 Å². The second kappa shape index (κ2) is 5.13. The number of carbonyl (C=O) groups is 1. The van der Waals surface area contributed by atoms with Crippen LogP contribution in [-0.4, -0.2) is 34.6 Å². The second-order valence-electron chi connectivity index (χ2n) is 7.87. The number of rotatable bonds is 1. The molecule has 0 amide bonds. The lowest BCUT2D eigenvalue weighted by Gasteiger charge is -2.32. The Morgan fingerprint density at radius 3 is 2.09 bits per heavy atom. The first-order valence-corrected chi connectivity index (χ1v) is 7.60. The van der Waals surface area contributed by atoms with E-state index < -0.39 is 30.0 Å². The Morgan fingerprint density at radius 1 is 1.14 bits per heavy atom. The Labute approximate surface area is 133 Å². The first-order valence-electron chi connectivity index (χ1n) is 7.60. The Morgan fingerprint density at radius 2 is 1.64 bits per heavy atom. The number of aryl methyl sites for hydroxylation is 1. The van der Waals surface area contributed by atoms with Crippen LogP contribution in [0.4, 0.5) is 4.79 Å². The van der Waals surface area contributed by atoms with Crippen LogP contribution in [0.2, 0.25) is 0 Å². The van der Waals surface area contributed by atoms with Gasteiger partial charge in [0.2, 0.25) is 0 Å². The minimum atomic E-state index is -0.528. The largest absolute Gasteiger partial charge is 0.496 e. The van der Waals surface area contributed by atoms with Gasteiger partial charge in [0.1, 0.15) is 5.60 Å². The lowest BCUT2D eigenvalue weighted by molar-refractivity contribution is 0.00578. The molecule has 0 spiro atoms. The maximum atomic E-state index is 12.2. The molecule has 1 aliphatic rings. The molecule has 0 atom stereocenters. The zero-order chi connectivity index (χ0) is 16.9. The summed E-state index contributed by atoms with van der Waals surface area (Å²) < 4.78 is 18.9. The second-order valence-corrected chi connectivity index (χ2v) is 7.87. The molecule has 6 heteroatoms. The van der Waals surface area contributed by atoms with Gasteiger partial charge in [-0.3, -0.25) is 4.57 Å². The van der Waals surface area contributed by atoms with E-state index in [0.29, 0.717) is 0 Å². The zero-order valence-corrected chi connectivity index (χ0v) is 14.8. The van der Waals surface area contributed by atoms with Gasteiger partial charge in [-0.25, -0.2) is 4.79 Å². The van der Waals surface area contributed by atoms with Crippen LogP contribution in [0, 0.1) is 6.92 Å². The third kappa shape index (κ3) is 3.23. The summed E-state index contributed by atoms with van der Waals surface area (Å²) >= 11 is 0. The van der Waals surface area contributed by atoms with Crippen LogP contribution < -0.4 is 5.46 Å². The molecule has 5 nitrogen and oxygen atoms in total. The van der Waals surface area contributed by atoms with Crippen molar-refractivity contribution in [2.24, 2.45) is 0 Å². The van der Waals surface area contributed by atoms with Crippen molar-refractivity contribution in [1.82, 2.24) is 4.57 Å². The average Bonchev–Trinajstić information content (AvgIpc) is 2.75. The van der Waals surface area contributed by atoms with E-state index in [2.05, 4.69) is 0 Å². The summed E-state index contributed by atoms with van der Waals surface area (Å²) in [6.07, 6.45) is 3.07. The molecule has 2 heterocycles. The Bertz CT molecular complexity index is 567. The van der Waals surface area contributed by atoms with E-state index in [1.54, 1.807) is 12.4 Å². The first kappa shape index (κ1) is 17.1. The molecular formula is C16H26BNO4. The summed E-state index contributed by atoms with van der Waals surface area (Å²) in [5, 5.41) is 0. The number of nitrogens with zero attached hydrogens (tertiary/aromatic N) is 1. The van der Waals surface area contributed by atoms with E-state index in [9.17, 15) is 4.79 Å². The van der Waals surface area contributed by atoms with Gasteiger partial charge in [-0.1, -0.05) is 0 Å². The molecule has 0 N–H and O–H groups in total. The highest BCUT2D eigenvalue weighted by molar-refractivity contribution is 6.62. The summed E-state index contributed by atoms with van der Waals surface area (Å²) in [7, 11) is -0.478. The predicted octanol–water partition coefficient (Wildman–Crippen LogP) is 2.88. The Balaban J connectivity index is 2.23. The molecule has 1 fully saturated rings.